The first-order chi connectivity index (χ1) is 15.7. The van der Waals surface area contributed by atoms with Gasteiger partial charge in [-0.2, -0.15) is 0 Å². The molecule has 10 nitrogen and oxygen atoms in total. The highest BCUT2D eigenvalue weighted by Crippen LogP contribution is 2.28. The molecule has 2 heterocycles. The Morgan fingerprint density at radius 1 is 1.21 bits per heavy atom. The van der Waals surface area contributed by atoms with Crippen LogP contribution < -0.4 is 22.8 Å². The summed E-state index contributed by atoms with van der Waals surface area (Å²) in [7, 11) is 0. The third-order valence-electron chi connectivity index (χ3n) is 3.66. The van der Waals surface area contributed by atoms with E-state index in [1.165, 1.54) is 28.7 Å². The molecule has 0 saturated heterocycles. The average molecular weight is 493 g/mol. The minimum Gasteiger partial charge on any atom is -0.504 e. The standard InChI is InChI=1S/C9H7NS2.C7H8O2.C5H13N5O2/c11-9-5-4-8(12-9)7-3-1-2-6-10-7;1-5-2-3-6(8)7(9)4-5;6-1-4(7)2-10(8)3-5(11)9-12/h1-6,11H;2-4,8-9H,1H3;2,12H,1,3,6-8H2,(H,9,11)/b;;4-2-. The van der Waals surface area contributed by atoms with Crippen LogP contribution in [-0.4, -0.2) is 44.4 Å². The molecule has 33 heavy (non-hydrogen) atoms. The number of thiophene rings is 1. The number of nitrogens with zero attached hydrogens (tertiary/aromatic N) is 2. The molecule has 3 rings (SSSR count). The molecular formula is C21H28N6O4S2. The summed E-state index contributed by atoms with van der Waals surface area (Å²) in [6.45, 7) is 1.82. The van der Waals surface area contributed by atoms with Crippen molar-refractivity contribution in [3.8, 4) is 22.1 Å². The topological polar surface area (TPSA) is 184 Å². The number of rotatable bonds is 5. The van der Waals surface area contributed by atoms with Gasteiger partial charge in [0.1, 0.15) is 6.54 Å². The molecule has 1 aromatic carbocycles. The maximum atomic E-state index is 10.5. The minimum absolute atomic E-state index is 0.0602. The predicted molar refractivity (Wildman–Crippen MR) is 131 cm³/mol. The van der Waals surface area contributed by atoms with Gasteiger partial charge in [0.2, 0.25) is 0 Å². The van der Waals surface area contributed by atoms with Crippen LogP contribution in [0.1, 0.15) is 5.56 Å². The van der Waals surface area contributed by atoms with E-state index >= 15 is 0 Å². The fourth-order valence-electron chi connectivity index (χ4n) is 2.12. The summed E-state index contributed by atoms with van der Waals surface area (Å²) in [5, 5.41) is 26.8. The van der Waals surface area contributed by atoms with Gasteiger partial charge in [-0.15, -0.1) is 24.0 Å². The van der Waals surface area contributed by atoms with Gasteiger partial charge in [-0.3, -0.25) is 15.0 Å². The van der Waals surface area contributed by atoms with E-state index in [1.54, 1.807) is 23.6 Å². The molecule has 10 N–H and O–H groups in total. The zero-order chi connectivity index (χ0) is 24.8. The highest BCUT2D eigenvalue weighted by Gasteiger charge is 2.02. The van der Waals surface area contributed by atoms with E-state index in [4.69, 9.17) is 32.7 Å². The summed E-state index contributed by atoms with van der Waals surface area (Å²) in [5.74, 6) is 4.52. The molecule has 0 aliphatic rings. The Bertz CT molecular complexity index is 1030. The Hall–Kier alpha value is -3.29. The van der Waals surface area contributed by atoms with E-state index in [9.17, 15) is 4.79 Å². The molecule has 0 saturated carbocycles. The molecule has 0 unspecified atom stereocenters. The number of nitrogens with two attached hydrogens (primary N) is 3. The number of hydrogen-bond donors (Lipinski definition) is 8. The number of phenols is 2. The second kappa shape index (κ2) is 14.7. The fourth-order valence-corrected chi connectivity index (χ4v) is 3.21. The van der Waals surface area contributed by atoms with Gasteiger partial charge in [0.15, 0.2) is 11.5 Å². The molecule has 0 spiro atoms. The lowest BCUT2D eigenvalue weighted by atomic mass is 10.2. The Morgan fingerprint density at radius 2 is 1.94 bits per heavy atom. The first-order valence-corrected chi connectivity index (χ1v) is 10.7. The molecule has 0 bridgehead atoms. The number of pyridine rings is 1. The van der Waals surface area contributed by atoms with Crippen molar-refractivity contribution in [3.63, 3.8) is 0 Å². The van der Waals surface area contributed by atoms with E-state index in [0.29, 0.717) is 5.70 Å². The number of hydrazine groups is 1. The van der Waals surface area contributed by atoms with Gasteiger partial charge in [0.25, 0.3) is 5.91 Å². The number of thiol groups is 1. The SMILES string of the molecule is Cc1ccc(O)c(O)c1.NC/C(N)=C/N(N)CC(=O)NO.Sc1ccc(-c2ccccn2)s1. The monoisotopic (exact) mass is 492 g/mol. The summed E-state index contributed by atoms with van der Waals surface area (Å²) in [4.78, 5) is 15.9. The first-order valence-electron chi connectivity index (χ1n) is 9.45. The van der Waals surface area contributed by atoms with E-state index < -0.39 is 5.91 Å². The van der Waals surface area contributed by atoms with Crippen LogP contribution in [0.3, 0.4) is 0 Å². The fraction of sp³-hybridized carbons (Fsp3) is 0.143. The first kappa shape index (κ1) is 27.7. The Labute approximate surface area is 201 Å². The lowest BCUT2D eigenvalue weighted by Crippen LogP contribution is -2.37. The van der Waals surface area contributed by atoms with Gasteiger partial charge in [0, 0.05) is 24.6 Å². The predicted octanol–water partition coefficient (Wildman–Crippen LogP) is 1.93. The Morgan fingerprint density at radius 3 is 2.42 bits per heavy atom. The van der Waals surface area contributed by atoms with E-state index in [-0.39, 0.29) is 24.6 Å². The lowest BCUT2D eigenvalue weighted by Gasteiger charge is -2.12. The number of aryl methyl sites for hydroxylation is 1. The number of benzene rings is 1. The third kappa shape index (κ3) is 11.2. The third-order valence-corrected chi connectivity index (χ3v) is 4.99. The maximum absolute atomic E-state index is 10.5. The van der Waals surface area contributed by atoms with Crippen LogP contribution in [0.15, 0.2) is 70.8 Å². The summed E-state index contributed by atoms with van der Waals surface area (Å²) in [6.07, 6.45) is 3.11. The zero-order valence-electron chi connectivity index (χ0n) is 17.9. The summed E-state index contributed by atoms with van der Waals surface area (Å²) < 4.78 is 1.02. The highest BCUT2D eigenvalue weighted by molar-refractivity contribution is 7.83. The molecule has 0 aliphatic carbocycles. The molecule has 0 atom stereocenters. The summed E-state index contributed by atoms with van der Waals surface area (Å²) in [5.41, 5.74) is 14.2. The van der Waals surface area contributed by atoms with Gasteiger partial charge < -0.3 is 26.7 Å². The second-order valence-corrected chi connectivity index (χ2v) is 8.33. The van der Waals surface area contributed by atoms with Crippen LogP contribution in [0.5, 0.6) is 11.5 Å². The number of aromatic nitrogens is 1. The van der Waals surface area contributed by atoms with Crippen LogP contribution in [0.4, 0.5) is 0 Å². The van der Waals surface area contributed by atoms with Crippen LogP contribution >= 0.6 is 24.0 Å². The zero-order valence-corrected chi connectivity index (χ0v) is 19.6. The van der Waals surface area contributed by atoms with Gasteiger partial charge >= 0.3 is 0 Å². The van der Waals surface area contributed by atoms with Gasteiger partial charge in [0.05, 0.1) is 14.8 Å². The van der Waals surface area contributed by atoms with E-state index in [1.807, 2.05) is 37.3 Å². The van der Waals surface area contributed by atoms with Gasteiger partial charge in [-0.1, -0.05) is 12.1 Å². The Balaban J connectivity index is 0.000000250. The quantitative estimate of drug-likeness (QED) is 0.0866. The molecular weight excluding hydrogens is 464 g/mol. The van der Waals surface area contributed by atoms with Crippen molar-refractivity contribution >= 4 is 29.9 Å². The van der Waals surface area contributed by atoms with Crippen LogP contribution in [0.2, 0.25) is 0 Å². The van der Waals surface area contributed by atoms with Crippen molar-refractivity contribution < 1.29 is 20.2 Å². The molecule has 12 heteroatoms. The molecule has 0 radical (unpaired) electrons. The number of phenolic OH excluding ortho intramolecular Hbond substituents is 2. The van der Waals surface area contributed by atoms with Crippen molar-refractivity contribution in [2.24, 2.45) is 17.3 Å². The molecule has 0 fully saturated rings. The molecule has 0 aliphatic heterocycles. The van der Waals surface area contributed by atoms with Gasteiger partial charge in [-0.05, 0) is 48.9 Å². The maximum Gasteiger partial charge on any atom is 0.264 e. The highest BCUT2D eigenvalue weighted by atomic mass is 32.2. The molecule has 1 amide bonds. The normalized spacial score (nSPS) is 10.3. The molecule has 178 valence electrons. The van der Waals surface area contributed by atoms with Crippen LogP contribution in [0, 0.1) is 6.92 Å². The summed E-state index contributed by atoms with van der Waals surface area (Å²) in [6, 6.07) is 14.6. The van der Waals surface area contributed by atoms with Crippen molar-refractivity contribution in [1.82, 2.24) is 15.5 Å². The number of carbonyl (C=O) groups is 1. The van der Waals surface area contributed by atoms with Crippen LogP contribution in [0.25, 0.3) is 10.6 Å². The number of carbonyl (C=O) groups excluding carboxylic acids is 1. The number of amides is 1. The number of hydroxylamine groups is 1. The Kier molecular flexibility index (Phi) is 12.4. The van der Waals surface area contributed by atoms with E-state index in [2.05, 4.69) is 17.6 Å². The number of nitrogens with one attached hydrogen (secondary N) is 1. The average Bonchev–Trinajstić information content (AvgIpc) is 3.24. The van der Waals surface area contributed by atoms with E-state index in [0.717, 1.165) is 20.5 Å². The smallest absolute Gasteiger partial charge is 0.264 e. The number of hydrogen-bond acceptors (Lipinski definition) is 11. The van der Waals surface area contributed by atoms with Gasteiger partial charge in [-0.25, -0.2) is 11.3 Å². The van der Waals surface area contributed by atoms with Crippen molar-refractivity contribution in [1.29, 1.82) is 0 Å². The van der Waals surface area contributed by atoms with Crippen molar-refractivity contribution in [2.45, 2.75) is 11.1 Å². The molecule has 3 aromatic rings. The second-order valence-electron chi connectivity index (χ2n) is 6.46. The summed E-state index contributed by atoms with van der Waals surface area (Å²) >= 11 is 5.89. The number of aromatic hydroxyl groups is 2. The van der Waals surface area contributed by atoms with Crippen LogP contribution in [-0.2, 0) is 4.79 Å². The minimum atomic E-state index is -0.626. The largest absolute Gasteiger partial charge is 0.504 e. The van der Waals surface area contributed by atoms with Crippen molar-refractivity contribution in [3.05, 3.63) is 72.2 Å². The van der Waals surface area contributed by atoms with Crippen molar-refractivity contribution in [2.75, 3.05) is 13.1 Å². The lowest BCUT2D eigenvalue weighted by molar-refractivity contribution is -0.129. The molecule has 2 aromatic heterocycles.